The van der Waals surface area contributed by atoms with Gasteiger partial charge >= 0.3 is 0 Å². The Kier molecular flexibility index (Phi) is 7.69. The van der Waals surface area contributed by atoms with Gasteiger partial charge in [0.15, 0.2) is 0 Å². The van der Waals surface area contributed by atoms with Crippen LogP contribution in [-0.2, 0) is 11.8 Å². The van der Waals surface area contributed by atoms with Crippen molar-refractivity contribution >= 4 is 39.6 Å². The summed E-state index contributed by atoms with van der Waals surface area (Å²) in [5.74, 6) is 7.83. The molecule has 0 bridgehead atoms. The van der Waals surface area contributed by atoms with Crippen LogP contribution in [0.2, 0.25) is 0 Å². The van der Waals surface area contributed by atoms with Gasteiger partial charge in [0.2, 0.25) is 0 Å². The second kappa shape index (κ2) is 13.4. The van der Waals surface area contributed by atoms with E-state index in [4.69, 9.17) is 4.42 Å². The number of hydrogen-bond acceptors (Lipinski definition) is 2. The van der Waals surface area contributed by atoms with Crippen LogP contribution in [0.4, 0.5) is 11.4 Å². The highest BCUT2D eigenvalue weighted by Gasteiger charge is 2.53. The Morgan fingerprint density at radius 2 is 1.59 bits per heavy atom. The standard InChI is InChI=1S/C57H39NO/c1-4-17-38(18-5-1)40-21-10-11-22-42(35-40)58(53-28-16-30-55-56(53)48-25-8-3-9-29-54(48)59-55)43-32-34-47-45-24-13-15-27-50(45)57(52(47)37-43)49-26-14-12-23-44(49)46-33-31-41(36-51(46)57)39-19-6-2-7-20-39/h2-4,6,8-9,12-19,22-24,26-30,32,34-37H,7,11,20,25,31,33H2. The van der Waals surface area contributed by atoms with Crippen molar-refractivity contribution in [3.05, 3.63) is 232 Å². The van der Waals surface area contributed by atoms with Crippen LogP contribution >= 0.6 is 0 Å². The van der Waals surface area contributed by atoms with Crippen molar-refractivity contribution in [1.29, 1.82) is 0 Å². The van der Waals surface area contributed by atoms with Gasteiger partial charge in [-0.2, -0.15) is 0 Å². The van der Waals surface area contributed by atoms with Gasteiger partial charge in [-0.15, -0.1) is 0 Å². The third-order valence-corrected chi connectivity index (χ3v) is 13.1. The van der Waals surface area contributed by atoms with Crippen molar-refractivity contribution in [2.24, 2.45) is 0 Å². The maximum Gasteiger partial charge on any atom is 0.137 e. The number of benzene rings is 4. The molecule has 0 saturated heterocycles. The van der Waals surface area contributed by atoms with E-state index >= 15 is 0 Å². The van der Waals surface area contributed by atoms with Gasteiger partial charge in [0.1, 0.15) is 11.3 Å². The quantitative estimate of drug-likeness (QED) is 0.163. The molecule has 5 aromatic carbocycles. The molecule has 1 spiro atoms. The minimum atomic E-state index is -0.455. The van der Waals surface area contributed by atoms with E-state index < -0.39 is 5.41 Å². The van der Waals surface area contributed by atoms with Crippen LogP contribution in [0.1, 0.15) is 71.2 Å². The van der Waals surface area contributed by atoms with Crippen LogP contribution in [0.3, 0.4) is 0 Å². The molecule has 2 heteroatoms. The number of nitrogens with zero attached hydrogens (tertiary/aromatic N) is 1. The van der Waals surface area contributed by atoms with Crippen molar-refractivity contribution in [2.45, 2.75) is 43.9 Å². The van der Waals surface area contributed by atoms with Crippen LogP contribution in [0.5, 0.6) is 0 Å². The fourth-order valence-corrected chi connectivity index (χ4v) is 10.6. The second-order valence-electron chi connectivity index (χ2n) is 16.1. The SMILES string of the molecule is C1#CC(c2cc#ccc2)=CC(N(c2ccc3c(c2)C2(C4=C(CCC(C5=CC=CCC5)=C4)c4ccccc42)c2ccccc2-3)c2cccc3oc4c(c23)CC=CC=C4)=CC1. The van der Waals surface area contributed by atoms with Crippen molar-refractivity contribution in [3.8, 4) is 23.0 Å². The van der Waals surface area contributed by atoms with E-state index in [0.717, 1.165) is 77.0 Å². The molecule has 0 fully saturated rings. The van der Waals surface area contributed by atoms with Crippen molar-refractivity contribution in [3.63, 3.8) is 0 Å². The first-order valence-electron chi connectivity index (χ1n) is 20.9. The van der Waals surface area contributed by atoms with Gasteiger partial charge in [0.25, 0.3) is 0 Å². The Morgan fingerprint density at radius 3 is 2.47 bits per heavy atom. The molecule has 6 aliphatic rings. The molecule has 1 atom stereocenters. The zero-order valence-electron chi connectivity index (χ0n) is 32.7. The zero-order chi connectivity index (χ0) is 38.9. The molecule has 1 aromatic heterocycles. The van der Waals surface area contributed by atoms with E-state index in [1.54, 1.807) is 0 Å². The minimum Gasteiger partial charge on any atom is -0.456 e. The highest BCUT2D eigenvalue weighted by atomic mass is 16.3. The molecule has 1 heterocycles. The molecule has 59 heavy (non-hydrogen) atoms. The molecule has 6 aliphatic carbocycles. The van der Waals surface area contributed by atoms with Crippen LogP contribution < -0.4 is 4.90 Å². The lowest BCUT2D eigenvalue weighted by Crippen LogP contribution is -2.28. The summed E-state index contributed by atoms with van der Waals surface area (Å²) in [4.78, 5) is 2.46. The van der Waals surface area contributed by atoms with Gasteiger partial charge in [-0.1, -0.05) is 127 Å². The van der Waals surface area contributed by atoms with E-state index in [2.05, 4.69) is 181 Å². The third-order valence-electron chi connectivity index (χ3n) is 13.1. The van der Waals surface area contributed by atoms with E-state index in [1.165, 1.54) is 61.2 Å². The van der Waals surface area contributed by atoms with Gasteiger partial charge in [0.05, 0.1) is 11.1 Å². The first-order chi connectivity index (χ1) is 29.3. The summed E-state index contributed by atoms with van der Waals surface area (Å²) in [6, 6.07) is 44.3. The Balaban J connectivity index is 1.13. The summed E-state index contributed by atoms with van der Waals surface area (Å²) in [6.07, 6.45) is 28.2. The normalized spacial score (nSPS) is 19.2. The smallest absolute Gasteiger partial charge is 0.137 e. The largest absolute Gasteiger partial charge is 0.456 e. The molecule has 1 unspecified atom stereocenters. The van der Waals surface area contributed by atoms with Gasteiger partial charge in [-0.25, -0.2) is 0 Å². The number of allylic oxidation sites excluding steroid dienone is 14. The predicted molar refractivity (Wildman–Crippen MR) is 242 cm³/mol. The number of furan rings is 1. The number of fused-ring (bicyclic) bond motifs is 12. The summed E-state index contributed by atoms with van der Waals surface area (Å²) in [5.41, 5.74) is 20.8. The highest BCUT2D eigenvalue weighted by molar-refractivity contribution is 6.02. The zero-order valence-corrected chi connectivity index (χ0v) is 32.7. The molecule has 12 rings (SSSR count). The Labute approximate surface area is 345 Å². The molecule has 0 amide bonds. The molecule has 278 valence electrons. The van der Waals surface area contributed by atoms with E-state index in [9.17, 15) is 0 Å². The van der Waals surface area contributed by atoms with Crippen molar-refractivity contribution < 1.29 is 4.42 Å². The molecular weight excluding hydrogens is 715 g/mol. The fourth-order valence-electron chi connectivity index (χ4n) is 10.6. The molecule has 0 radical (unpaired) electrons. The molecular formula is C57H39NO. The predicted octanol–water partition coefficient (Wildman–Crippen LogP) is 13.7. The van der Waals surface area contributed by atoms with Crippen LogP contribution in [0.25, 0.3) is 39.3 Å². The monoisotopic (exact) mass is 753 g/mol. The summed E-state index contributed by atoms with van der Waals surface area (Å²) in [7, 11) is 0. The van der Waals surface area contributed by atoms with Gasteiger partial charge in [-0.05, 0) is 154 Å². The summed E-state index contributed by atoms with van der Waals surface area (Å²) < 4.78 is 6.61. The average molecular weight is 754 g/mol. The van der Waals surface area contributed by atoms with Gasteiger partial charge < -0.3 is 9.32 Å². The Bertz CT molecular complexity index is 3100. The number of rotatable bonds is 5. The highest BCUT2D eigenvalue weighted by Crippen LogP contribution is 2.64. The maximum absolute atomic E-state index is 6.61. The average Bonchev–Trinajstić information content (AvgIpc) is 3.71. The molecule has 6 aromatic rings. The molecule has 0 N–H and O–H groups in total. The number of hydrogen-bond donors (Lipinski definition) is 0. The van der Waals surface area contributed by atoms with Gasteiger partial charge in [-0.3, -0.25) is 0 Å². The lowest BCUT2D eigenvalue weighted by molar-refractivity contribution is 0.600. The Morgan fingerprint density at radius 1 is 0.712 bits per heavy atom. The first-order valence-corrected chi connectivity index (χ1v) is 20.9. The topological polar surface area (TPSA) is 16.4 Å². The van der Waals surface area contributed by atoms with Gasteiger partial charge in [0, 0.05) is 34.3 Å². The lowest BCUT2D eigenvalue weighted by atomic mass is 9.68. The fraction of sp³-hybridized carbons (Fsp3) is 0.123. The van der Waals surface area contributed by atoms with E-state index in [0.29, 0.717) is 6.42 Å². The summed E-state index contributed by atoms with van der Waals surface area (Å²) >= 11 is 0. The second-order valence-corrected chi connectivity index (χ2v) is 16.1. The molecule has 0 aliphatic heterocycles. The summed E-state index contributed by atoms with van der Waals surface area (Å²) in [6.45, 7) is 0. The van der Waals surface area contributed by atoms with Crippen molar-refractivity contribution in [2.75, 3.05) is 4.90 Å². The molecule has 0 saturated carbocycles. The Hall–Kier alpha value is -7.26. The minimum absolute atomic E-state index is 0.455. The third kappa shape index (κ3) is 5.10. The molecule has 2 nitrogen and oxygen atoms in total. The van der Waals surface area contributed by atoms with Crippen LogP contribution in [0, 0.1) is 24.0 Å². The van der Waals surface area contributed by atoms with E-state index in [1.807, 2.05) is 12.1 Å². The van der Waals surface area contributed by atoms with Crippen LogP contribution in [-0.4, -0.2) is 0 Å². The lowest BCUT2D eigenvalue weighted by Gasteiger charge is -2.34. The maximum atomic E-state index is 6.61. The van der Waals surface area contributed by atoms with E-state index in [-0.39, 0.29) is 0 Å². The first kappa shape index (κ1) is 33.8. The van der Waals surface area contributed by atoms with Crippen molar-refractivity contribution in [1.82, 2.24) is 0 Å². The number of anilines is 2. The summed E-state index contributed by atoms with van der Waals surface area (Å²) in [5, 5.41) is 1.13. The van der Waals surface area contributed by atoms with Crippen LogP contribution in [0.15, 0.2) is 185 Å².